The number of thiophene rings is 1. The van der Waals surface area contributed by atoms with E-state index >= 15 is 0 Å². The summed E-state index contributed by atoms with van der Waals surface area (Å²) in [6.45, 7) is 0. The lowest BCUT2D eigenvalue weighted by atomic mass is 9.88. The predicted molar refractivity (Wildman–Crippen MR) is 202 cm³/mol. The summed E-state index contributed by atoms with van der Waals surface area (Å²) in [7, 11) is 0. The third-order valence-electron chi connectivity index (χ3n) is 8.79. The van der Waals surface area contributed by atoms with E-state index in [-0.39, 0.29) is 0 Å². The van der Waals surface area contributed by atoms with E-state index in [2.05, 4.69) is 102 Å². The first kappa shape index (κ1) is 28.0. The van der Waals surface area contributed by atoms with Gasteiger partial charge in [-0.2, -0.15) is 5.10 Å². The molecule has 9 rings (SSSR count). The standard InChI is InChI=1S/C42H27N5S/c43-41-35(47-46-31-11-5-2-6-12-31)22-20-28-17-15-26-16-18-30(23-34(26)40(28)41)42-44-36(27-9-3-1-4-10-27)25-37(45-42)29-19-21-33-32-13-7-8-14-38(32)48-39(33)24-29/h1-25,43,46H/b43-41?,47-35-. The third-order valence-corrected chi connectivity index (χ3v) is 9.92. The number of hydrogen-bond acceptors (Lipinski definition) is 6. The van der Waals surface area contributed by atoms with Gasteiger partial charge in [0.25, 0.3) is 0 Å². The minimum atomic E-state index is 0.370. The maximum absolute atomic E-state index is 9.20. The van der Waals surface area contributed by atoms with Crippen molar-refractivity contribution in [3.8, 4) is 33.9 Å². The molecule has 6 heteroatoms. The number of hydrazone groups is 1. The van der Waals surface area contributed by atoms with Gasteiger partial charge in [0, 0.05) is 42.4 Å². The van der Waals surface area contributed by atoms with E-state index in [4.69, 9.17) is 9.97 Å². The molecule has 8 aromatic rings. The molecule has 0 bridgehead atoms. The van der Waals surface area contributed by atoms with Gasteiger partial charge in [-0.1, -0.05) is 109 Å². The fraction of sp³-hybridized carbons (Fsp3) is 0. The van der Waals surface area contributed by atoms with E-state index in [1.165, 1.54) is 20.2 Å². The Morgan fingerprint density at radius 3 is 2.12 bits per heavy atom. The molecule has 226 valence electrons. The molecule has 2 heterocycles. The largest absolute Gasteiger partial charge is 0.298 e. The van der Waals surface area contributed by atoms with E-state index < -0.39 is 0 Å². The summed E-state index contributed by atoms with van der Waals surface area (Å²) in [5.41, 5.74) is 11.4. The number of rotatable bonds is 5. The number of benzene rings is 6. The van der Waals surface area contributed by atoms with Gasteiger partial charge in [-0.05, 0) is 58.8 Å². The van der Waals surface area contributed by atoms with Crippen molar-refractivity contribution in [1.29, 1.82) is 5.41 Å². The first-order valence-electron chi connectivity index (χ1n) is 15.8. The molecule has 48 heavy (non-hydrogen) atoms. The summed E-state index contributed by atoms with van der Waals surface area (Å²) in [5.74, 6) is 0.639. The second-order valence-corrected chi connectivity index (χ2v) is 12.9. The summed E-state index contributed by atoms with van der Waals surface area (Å²) in [5, 5.41) is 18.3. The van der Waals surface area contributed by atoms with Crippen LogP contribution < -0.4 is 5.43 Å². The smallest absolute Gasteiger partial charge is 0.160 e. The fourth-order valence-corrected chi connectivity index (χ4v) is 7.52. The van der Waals surface area contributed by atoms with E-state index in [0.29, 0.717) is 17.2 Å². The molecule has 2 N–H and O–H groups in total. The number of nitrogens with zero attached hydrogens (tertiary/aromatic N) is 3. The molecule has 0 aliphatic heterocycles. The average Bonchev–Trinajstić information content (AvgIpc) is 3.53. The first-order valence-corrected chi connectivity index (χ1v) is 16.6. The Hall–Kier alpha value is -6.24. The van der Waals surface area contributed by atoms with Crippen LogP contribution >= 0.6 is 11.3 Å². The molecule has 5 nitrogen and oxygen atoms in total. The molecule has 0 radical (unpaired) electrons. The van der Waals surface area contributed by atoms with Crippen molar-refractivity contribution in [2.45, 2.75) is 0 Å². The highest BCUT2D eigenvalue weighted by Crippen LogP contribution is 2.37. The maximum Gasteiger partial charge on any atom is 0.160 e. The van der Waals surface area contributed by atoms with Crippen LogP contribution in [0.15, 0.2) is 151 Å². The van der Waals surface area contributed by atoms with Crippen molar-refractivity contribution >= 4 is 65.5 Å². The molecule has 1 aliphatic carbocycles. The van der Waals surface area contributed by atoms with Gasteiger partial charge in [0.05, 0.1) is 22.8 Å². The molecule has 0 amide bonds. The van der Waals surface area contributed by atoms with Crippen molar-refractivity contribution in [3.63, 3.8) is 0 Å². The molecule has 0 saturated carbocycles. The van der Waals surface area contributed by atoms with Gasteiger partial charge in [0.1, 0.15) is 5.71 Å². The van der Waals surface area contributed by atoms with Crippen LogP contribution in [0.25, 0.3) is 70.9 Å². The number of allylic oxidation sites excluding steroid dienone is 1. The van der Waals surface area contributed by atoms with Crippen LogP contribution in [0.4, 0.5) is 5.69 Å². The number of aromatic nitrogens is 2. The van der Waals surface area contributed by atoms with Crippen LogP contribution in [0.1, 0.15) is 11.1 Å². The van der Waals surface area contributed by atoms with Gasteiger partial charge in [-0.15, -0.1) is 11.3 Å². The highest BCUT2D eigenvalue weighted by Gasteiger charge is 2.20. The highest BCUT2D eigenvalue weighted by molar-refractivity contribution is 7.25. The van der Waals surface area contributed by atoms with Gasteiger partial charge >= 0.3 is 0 Å². The molecule has 0 unspecified atom stereocenters. The molecule has 0 atom stereocenters. The molecular formula is C42H27N5S. The summed E-state index contributed by atoms with van der Waals surface area (Å²) in [6, 6.07) is 47.8. The highest BCUT2D eigenvalue weighted by atomic mass is 32.1. The van der Waals surface area contributed by atoms with Crippen molar-refractivity contribution in [2.75, 3.05) is 5.43 Å². The Morgan fingerprint density at radius 2 is 1.27 bits per heavy atom. The lowest BCUT2D eigenvalue weighted by Crippen LogP contribution is -2.18. The van der Waals surface area contributed by atoms with Crippen LogP contribution in [-0.4, -0.2) is 21.4 Å². The molecule has 0 saturated heterocycles. The average molecular weight is 634 g/mol. The lowest BCUT2D eigenvalue weighted by Gasteiger charge is -2.17. The Bertz CT molecular complexity index is 2600. The van der Waals surface area contributed by atoms with Gasteiger partial charge in [-0.25, -0.2) is 9.97 Å². The summed E-state index contributed by atoms with van der Waals surface area (Å²) in [6.07, 6.45) is 3.92. The number of para-hydroxylation sites is 1. The molecule has 0 spiro atoms. The minimum Gasteiger partial charge on any atom is -0.298 e. The number of hydrogen-bond donors (Lipinski definition) is 2. The summed E-state index contributed by atoms with van der Waals surface area (Å²) < 4.78 is 2.51. The molecule has 2 aromatic heterocycles. The second-order valence-electron chi connectivity index (χ2n) is 11.8. The van der Waals surface area contributed by atoms with Crippen molar-refractivity contribution < 1.29 is 0 Å². The minimum absolute atomic E-state index is 0.370. The topological polar surface area (TPSA) is 74.0 Å². The second kappa shape index (κ2) is 11.5. The summed E-state index contributed by atoms with van der Waals surface area (Å²) >= 11 is 1.81. The molecule has 0 fully saturated rings. The van der Waals surface area contributed by atoms with Crippen LogP contribution in [0.2, 0.25) is 0 Å². The van der Waals surface area contributed by atoms with Gasteiger partial charge < -0.3 is 0 Å². The monoisotopic (exact) mass is 633 g/mol. The van der Waals surface area contributed by atoms with Crippen LogP contribution in [0.3, 0.4) is 0 Å². The zero-order valence-electron chi connectivity index (χ0n) is 25.7. The normalized spacial score (nSPS) is 13.4. The molecule has 1 aliphatic rings. The van der Waals surface area contributed by atoms with Crippen molar-refractivity contribution in [2.24, 2.45) is 5.10 Å². The SMILES string of the molecule is N=C1/C(=N\Nc2ccccc2)C=Cc2ccc3ccc(-c4nc(-c5ccccc5)cc(-c5ccc6c(c5)sc5ccccc56)n4)cc3c21. The maximum atomic E-state index is 9.20. The van der Waals surface area contributed by atoms with Crippen molar-refractivity contribution in [3.05, 3.63) is 157 Å². The number of anilines is 1. The Balaban J connectivity index is 1.17. The van der Waals surface area contributed by atoms with Crippen molar-refractivity contribution in [1.82, 2.24) is 9.97 Å². The van der Waals surface area contributed by atoms with E-state index in [1.807, 2.05) is 60.7 Å². The Labute approximate surface area is 281 Å². The first-order chi connectivity index (χ1) is 23.7. The van der Waals surface area contributed by atoms with Gasteiger partial charge in [-0.3, -0.25) is 10.8 Å². The quantitative estimate of drug-likeness (QED) is 0.185. The van der Waals surface area contributed by atoms with Gasteiger partial charge in [0.15, 0.2) is 5.82 Å². The van der Waals surface area contributed by atoms with E-state index in [0.717, 1.165) is 55.7 Å². The number of nitrogens with one attached hydrogen (secondary N) is 2. The zero-order chi connectivity index (χ0) is 32.0. The van der Waals surface area contributed by atoms with Crippen LogP contribution in [0, 0.1) is 5.41 Å². The van der Waals surface area contributed by atoms with Gasteiger partial charge in [0.2, 0.25) is 0 Å². The van der Waals surface area contributed by atoms with Crippen LogP contribution in [-0.2, 0) is 0 Å². The fourth-order valence-electron chi connectivity index (χ4n) is 6.37. The molecular weight excluding hydrogens is 607 g/mol. The zero-order valence-corrected chi connectivity index (χ0v) is 26.5. The lowest BCUT2D eigenvalue weighted by molar-refractivity contribution is 1.18. The van der Waals surface area contributed by atoms with Crippen LogP contribution in [0.5, 0.6) is 0 Å². The summed E-state index contributed by atoms with van der Waals surface area (Å²) in [4.78, 5) is 10.3. The third kappa shape index (κ3) is 4.96. The van der Waals surface area contributed by atoms with E-state index in [9.17, 15) is 5.41 Å². The Kier molecular flexibility index (Phi) is 6.73. The van der Waals surface area contributed by atoms with E-state index in [1.54, 1.807) is 11.3 Å². The Morgan fingerprint density at radius 1 is 0.562 bits per heavy atom. The predicted octanol–water partition coefficient (Wildman–Crippen LogP) is 10.9. The molecule has 6 aromatic carbocycles. The number of fused-ring (bicyclic) bond motifs is 6.